The van der Waals surface area contributed by atoms with E-state index in [-0.39, 0.29) is 11.3 Å². The van der Waals surface area contributed by atoms with Crippen molar-refractivity contribution in [3.63, 3.8) is 0 Å². The van der Waals surface area contributed by atoms with Crippen molar-refractivity contribution in [3.05, 3.63) is 0 Å². The molecule has 86 valence electrons. The van der Waals surface area contributed by atoms with Gasteiger partial charge in [0.2, 0.25) is 5.91 Å². The number of hydrogen-bond acceptors (Lipinski definition) is 3. The summed E-state index contributed by atoms with van der Waals surface area (Å²) in [5.41, 5.74) is 5.22. The Hall–Kier alpha value is -0.680. The Morgan fingerprint density at radius 1 is 1.47 bits per heavy atom. The van der Waals surface area contributed by atoms with E-state index in [1.807, 2.05) is 18.7 Å². The highest BCUT2D eigenvalue weighted by molar-refractivity contribution is 7.80. The first-order valence-electron chi connectivity index (χ1n) is 5.22. The fourth-order valence-electron chi connectivity index (χ4n) is 1.49. The van der Waals surface area contributed by atoms with Gasteiger partial charge in [0.1, 0.15) is 0 Å². The van der Waals surface area contributed by atoms with Crippen molar-refractivity contribution in [1.29, 1.82) is 0 Å². The van der Waals surface area contributed by atoms with E-state index in [1.165, 1.54) is 0 Å². The fraction of sp³-hybridized carbons (Fsp3) is 0.800. The van der Waals surface area contributed by atoms with E-state index in [2.05, 4.69) is 5.32 Å². The number of nitrogens with zero attached hydrogens (tertiary/aromatic N) is 1. The van der Waals surface area contributed by atoms with Crippen molar-refractivity contribution < 1.29 is 4.79 Å². The molecule has 5 heteroatoms. The lowest BCUT2D eigenvalue weighted by Gasteiger charge is -2.31. The number of amides is 1. The van der Waals surface area contributed by atoms with Crippen molar-refractivity contribution in [2.45, 2.75) is 20.3 Å². The molecule has 1 rings (SSSR count). The van der Waals surface area contributed by atoms with Crippen LogP contribution >= 0.6 is 12.2 Å². The third-order valence-corrected chi connectivity index (χ3v) is 3.28. The summed E-state index contributed by atoms with van der Waals surface area (Å²) in [6.07, 6.45) is 0.405. The minimum absolute atomic E-state index is 0.148. The van der Waals surface area contributed by atoms with Gasteiger partial charge < -0.3 is 16.0 Å². The molecule has 0 spiro atoms. The highest BCUT2D eigenvalue weighted by atomic mass is 32.1. The predicted octanol–water partition coefficient (Wildman–Crippen LogP) is 0.121. The fourth-order valence-corrected chi connectivity index (χ4v) is 1.56. The van der Waals surface area contributed by atoms with Gasteiger partial charge in [-0.3, -0.25) is 4.79 Å². The molecular weight excluding hydrogens is 210 g/mol. The highest BCUT2D eigenvalue weighted by Gasteiger charge is 2.28. The zero-order valence-corrected chi connectivity index (χ0v) is 10.2. The van der Waals surface area contributed by atoms with Crippen LogP contribution in [0.15, 0.2) is 0 Å². The van der Waals surface area contributed by atoms with Crippen molar-refractivity contribution >= 4 is 23.1 Å². The van der Waals surface area contributed by atoms with E-state index in [4.69, 9.17) is 18.0 Å². The summed E-state index contributed by atoms with van der Waals surface area (Å²) < 4.78 is 0. The second-order valence-corrected chi connectivity index (χ2v) is 5.00. The van der Waals surface area contributed by atoms with Crippen molar-refractivity contribution in [2.75, 3.05) is 26.2 Å². The van der Waals surface area contributed by atoms with Crippen LogP contribution in [0.1, 0.15) is 20.3 Å². The number of carbonyl (C=O) groups excluding carboxylic acids is 1. The van der Waals surface area contributed by atoms with Crippen molar-refractivity contribution in [2.24, 2.45) is 11.1 Å². The maximum atomic E-state index is 11.9. The molecule has 4 nitrogen and oxygen atoms in total. The molecule has 0 bridgehead atoms. The van der Waals surface area contributed by atoms with Crippen LogP contribution in [0.4, 0.5) is 0 Å². The Bertz CT molecular complexity index is 259. The third-order valence-electron chi connectivity index (χ3n) is 2.73. The Morgan fingerprint density at radius 2 is 2.00 bits per heavy atom. The molecule has 0 aromatic carbocycles. The van der Waals surface area contributed by atoms with Crippen LogP contribution in [0.3, 0.4) is 0 Å². The summed E-state index contributed by atoms with van der Waals surface area (Å²) in [6.45, 7) is 7.14. The number of nitrogens with one attached hydrogen (secondary N) is 1. The monoisotopic (exact) mass is 229 g/mol. The summed E-state index contributed by atoms with van der Waals surface area (Å²) >= 11 is 4.95. The van der Waals surface area contributed by atoms with E-state index in [9.17, 15) is 4.79 Å². The van der Waals surface area contributed by atoms with Gasteiger partial charge in [0.25, 0.3) is 0 Å². The molecule has 1 aliphatic rings. The molecule has 0 atom stereocenters. The molecule has 3 N–H and O–H groups in total. The SMILES string of the molecule is CC(C)(CC(=O)N1CCNCC1)C(N)=S. The van der Waals surface area contributed by atoms with Gasteiger partial charge in [-0.15, -0.1) is 0 Å². The van der Waals surface area contributed by atoms with Gasteiger partial charge in [0.05, 0.1) is 4.99 Å². The number of rotatable bonds is 3. The zero-order valence-electron chi connectivity index (χ0n) is 9.38. The van der Waals surface area contributed by atoms with Crippen LogP contribution in [0, 0.1) is 5.41 Å². The van der Waals surface area contributed by atoms with Crippen LogP contribution in [0.25, 0.3) is 0 Å². The van der Waals surface area contributed by atoms with Crippen LogP contribution in [-0.2, 0) is 4.79 Å². The highest BCUT2D eigenvalue weighted by Crippen LogP contribution is 2.21. The summed E-state index contributed by atoms with van der Waals surface area (Å²) in [5.74, 6) is 0.148. The molecule has 0 aromatic rings. The molecule has 1 amide bonds. The third kappa shape index (κ3) is 3.43. The maximum absolute atomic E-state index is 11.9. The lowest BCUT2D eigenvalue weighted by Crippen LogP contribution is -2.48. The number of hydrogen-bond donors (Lipinski definition) is 2. The van der Waals surface area contributed by atoms with E-state index in [1.54, 1.807) is 0 Å². The lowest BCUT2D eigenvalue weighted by molar-refractivity contribution is -0.133. The molecule has 1 fully saturated rings. The van der Waals surface area contributed by atoms with Crippen LogP contribution in [0.2, 0.25) is 0 Å². The molecule has 0 aliphatic carbocycles. The summed E-state index contributed by atoms with van der Waals surface area (Å²) in [4.78, 5) is 14.2. The number of piperazine rings is 1. The second kappa shape index (κ2) is 4.90. The molecular formula is C10H19N3OS. The molecule has 1 saturated heterocycles. The largest absolute Gasteiger partial charge is 0.393 e. The maximum Gasteiger partial charge on any atom is 0.223 e. The van der Waals surface area contributed by atoms with Gasteiger partial charge in [-0.05, 0) is 0 Å². The molecule has 0 unspecified atom stereocenters. The first kappa shape index (κ1) is 12.4. The standard InChI is InChI=1S/C10H19N3OS/c1-10(2,9(11)15)7-8(14)13-5-3-12-4-6-13/h12H,3-7H2,1-2H3,(H2,11,15). The van der Waals surface area contributed by atoms with Crippen molar-refractivity contribution in [3.8, 4) is 0 Å². The smallest absolute Gasteiger partial charge is 0.223 e. The van der Waals surface area contributed by atoms with E-state index in [0.29, 0.717) is 11.4 Å². The number of carbonyl (C=O) groups is 1. The van der Waals surface area contributed by atoms with Gasteiger partial charge in [-0.1, -0.05) is 26.1 Å². The molecule has 15 heavy (non-hydrogen) atoms. The Morgan fingerprint density at radius 3 is 2.47 bits per heavy atom. The summed E-state index contributed by atoms with van der Waals surface area (Å²) in [7, 11) is 0. The first-order chi connectivity index (χ1) is 6.93. The minimum atomic E-state index is -0.378. The summed E-state index contributed by atoms with van der Waals surface area (Å²) in [5, 5.41) is 3.21. The Balaban J connectivity index is 2.50. The molecule has 0 radical (unpaired) electrons. The van der Waals surface area contributed by atoms with Gasteiger partial charge in [-0.25, -0.2) is 0 Å². The van der Waals surface area contributed by atoms with Gasteiger partial charge >= 0.3 is 0 Å². The summed E-state index contributed by atoms with van der Waals surface area (Å²) in [6, 6.07) is 0. The quantitative estimate of drug-likeness (QED) is 0.675. The molecule has 1 aliphatic heterocycles. The van der Waals surface area contributed by atoms with Gasteiger partial charge in [-0.2, -0.15) is 0 Å². The number of nitrogens with two attached hydrogens (primary N) is 1. The van der Waals surface area contributed by atoms with Crippen LogP contribution in [0.5, 0.6) is 0 Å². The normalized spacial score (nSPS) is 17.6. The first-order valence-corrected chi connectivity index (χ1v) is 5.63. The lowest BCUT2D eigenvalue weighted by atomic mass is 9.88. The average molecular weight is 229 g/mol. The van der Waals surface area contributed by atoms with Crippen LogP contribution < -0.4 is 11.1 Å². The van der Waals surface area contributed by atoms with E-state index in [0.717, 1.165) is 26.2 Å². The average Bonchev–Trinajstić information content (AvgIpc) is 2.18. The number of thiocarbonyl (C=S) groups is 1. The van der Waals surface area contributed by atoms with E-state index < -0.39 is 0 Å². The second-order valence-electron chi connectivity index (χ2n) is 4.56. The van der Waals surface area contributed by atoms with Gasteiger partial charge in [0.15, 0.2) is 0 Å². The molecule has 0 aromatic heterocycles. The Labute approximate surface area is 96.2 Å². The Kier molecular flexibility index (Phi) is 4.04. The molecule has 0 saturated carbocycles. The predicted molar refractivity (Wildman–Crippen MR) is 64.6 cm³/mol. The van der Waals surface area contributed by atoms with Crippen LogP contribution in [-0.4, -0.2) is 42.0 Å². The van der Waals surface area contributed by atoms with Gasteiger partial charge in [0, 0.05) is 38.0 Å². The topological polar surface area (TPSA) is 58.4 Å². The zero-order chi connectivity index (χ0) is 11.5. The van der Waals surface area contributed by atoms with E-state index >= 15 is 0 Å². The molecule has 1 heterocycles. The minimum Gasteiger partial charge on any atom is -0.393 e. The van der Waals surface area contributed by atoms with Crippen molar-refractivity contribution in [1.82, 2.24) is 10.2 Å².